The Morgan fingerprint density at radius 3 is 2.35 bits per heavy atom. The third-order valence-electron chi connectivity index (χ3n) is 6.94. The lowest BCUT2D eigenvalue weighted by Crippen LogP contribution is -2.55. The van der Waals surface area contributed by atoms with E-state index in [4.69, 9.17) is 4.98 Å². The second kappa shape index (κ2) is 4.31. The number of nitrogens with one attached hydrogen (secondary N) is 1. The highest BCUT2D eigenvalue weighted by molar-refractivity contribution is 5.58. The highest BCUT2D eigenvalue weighted by atomic mass is 15.2. The maximum absolute atomic E-state index is 4.97. The van der Waals surface area contributed by atoms with Gasteiger partial charge in [0.15, 0.2) is 0 Å². The largest absolute Gasteiger partial charge is 0.364 e. The molecule has 2 aromatic heterocycles. The zero-order valence-electron chi connectivity index (χ0n) is 13.7. The highest BCUT2D eigenvalue weighted by Gasteiger charge is 2.51. The molecular weight excluding hydrogens is 282 g/mol. The lowest BCUT2D eigenvalue weighted by molar-refractivity contribution is 0.0105. The van der Waals surface area contributed by atoms with Gasteiger partial charge in [0.1, 0.15) is 11.5 Å². The third-order valence-corrected chi connectivity index (χ3v) is 6.94. The van der Waals surface area contributed by atoms with Crippen LogP contribution < -0.4 is 5.32 Å². The number of fused-ring (bicyclic) bond motifs is 1. The Morgan fingerprint density at radius 1 is 1.00 bits per heavy atom. The highest BCUT2D eigenvalue weighted by Crippen LogP contribution is 2.57. The molecule has 120 valence electrons. The van der Waals surface area contributed by atoms with Crippen molar-refractivity contribution in [2.45, 2.75) is 62.8 Å². The molecule has 0 atom stereocenters. The number of imidazole rings is 1. The predicted molar refractivity (Wildman–Crippen MR) is 91.7 cm³/mol. The van der Waals surface area contributed by atoms with Crippen molar-refractivity contribution in [3.63, 3.8) is 0 Å². The van der Waals surface area contributed by atoms with E-state index < -0.39 is 0 Å². The summed E-state index contributed by atoms with van der Waals surface area (Å²) in [5.41, 5.74) is 2.82. The van der Waals surface area contributed by atoms with E-state index in [1.807, 2.05) is 0 Å². The van der Waals surface area contributed by atoms with Gasteiger partial charge < -0.3 is 5.32 Å². The molecule has 2 heterocycles. The lowest BCUT2D eigenvalue weighted by atomic mass is 9.53. The van der Waals surface area contributed by atoms with Crippen LogP contribution in [0.1, 0.15) is 63.0 Å². The Morgan fingerprint density at radius 2 is 1.70 bits per heavy atom. The minimum absolute atomic E-state index is 0.365. The topological polar surface area (TPSA) is 29.3 Å². The molecule has 2 aromatic rings. The molecule has 0 amide bonds. The van der Waals surface area contributed by atoms with Gasteiger partial charge in [-0.15, -0.1) is 0 Å². The van der Waals surface area contributed by atoms with E-state index in [-0.39, 0.29) is 0 Å². The minimum atomic E-state index is 0.365. The fraction of sp³-hybridized carbons (Fsp3) is 0.650. The number of anilines is 1. The Hall–Kier alpha value is -1.51. The standard InChI is InChI=1S/C20H25N3/c1-2-6-23-17(3-1)21-18(16-4-5-16)19(23)22-20-10-13-7-14(11-20)9-15(8-13)12-20/h1-3,6,13-16,22H,4-5,7-12H2. The number of nitrogens with zero attached hydrogens (tertiary/aromatic N) is 2. The van der Waals surface area contributed by atoms with Crippen LogP contribution in [0.4, 0.5) is 5.82 Å². The van der Waals surface area contributed by atoms with Crippen LogP contribution in [0.15, 0.2) is 24.4 Å². The number of rotatable bonds is 3. The molecule has 0 radical (unpaired) electrons. The average Bonchev–Trinajstić information content (AvgIpc) is 3.30. The molecule has 0 saturated heterocycles. The van der Waals surface area contributed by atoms with Crippen molar-refractivity contribution in [1.29, 1.82) is 0 Å². The monoisotopic (exact) mass is 307 g/mol. The number of aromatic nitrogens is 2. The van der Waals surface area contributed by atoms with Crippen LogP contribution in [0.25, 0.3) is 5.65 Å². The van der Waals surface area contributed by atoms with Crippen molar-refractivity contribution in [3.05, 3.63) is 30.1 Å². The first kappa shape index (κ1) is 12.9. The number of hydrogen-bond acceptors (Lipinski definition) is 2. The van der Waals surface area contributed by atoms with Gasteiger partial charge in [0.25, 0.3) is 0 Å². The Labute approximate surface area is 137 Å². The summed E-state index contributed by atoms with van der Waals surface area (Å²) < 4.78 is 2.31. The van der Waals surface area contributed by atoms with Gasteiger partial charge >= 0.3 is 0 Å². The van der Waals surface area contributed by atoms with Crippen LogP contribution in [0, 0.1) is 17.8 Å². The SMILES string of the molecule is c1ccn2c(NC34CC5CC(CC(C5)C3)C4)c(C3CC3)nc2c1. The maximum Gasteiger partial charge on any atom is 0.138 e. The summed E-state index contributed by atoms with van der Waals surface area (Å²) in [4.78, 5) is 4.97. The van der Waals surface area contributed by atoms with E-state index in [0.717, 1.165) is 23.4 Å². The summed E-state index contributed by atoms with van der Waals surface area (Å²) in [6, 6.07) is 6.39. The smallest absolute Gasteiger partial charge is 0.138 e. The maximum atomic E-state index is 4.97. The molecule has 3 heteroatoms. The average molecular weight is 307 g/mol. The van der Waals surface area contributed by atoms with Crippen molar-refractivity contribution >= 4 is 11.5 Å². The second-order valence-electron chi connectivity index (χ2n) is 8.87. The summed E-state index contributed by atoms with van der Waals surface area (Å²) in [5.74, 6) is 4.98. The molecule has 4 bridgehead atoms. The number of pyridine rings is 1. The summed E-state index contributed by atoms with van der Waals surface area (Å²) in [6.07, 6.45) is 13.5. The molecule has 23 heavy (non-hydrogen) atoms. The van der Waals surface area contributed by atoms with Crippen molar-refractivity contribution < 1.29 is 0 Å². The first-order valence-corrected chi connectivity index (χ1v) is 9.53. The molecule has 5 aliphatic carbocycles. The van der Waals surface area contributed by atoms with Crippen molar-refractivity contribution in [2.24, 2.45) is 17.8 Å². The van der Waals surface area contributed by atoms with E-state index in [1.54, 1.807) is 0 Å². The molecule has 0 unspecified atom stereocenters. The van der Waals surface area contributed by atoms with Crippen LogP contribution in [-0.2, 0) is 0 Å². The summed E-state index contributed by atoms with van der Waals surface area (Å²) in [5, 5.41) is 4.10. The normalized spacial score (nSPS) is 38.3. The predicted octanol–water partition coefficient (Wildman–Crippen LogP) is 4.59. The van der Waals surface area contributed by atoms with Crippen LogP contribution in [0.2, 0.25) is 0 Å². The molecule has 0 aromatic carbocycles. The van der Waals surface area contributed by atoms with Gasteiger partial charge in [-0.05, 0) is 81.3 Å². The molecule has 0 aliphatic heterocycles. The van der Waals surface area contributed by atoms with E-state index >= 15 is 0 Å². The summed E-state index contributed by atoms with van der Waals surface area (Å²) >= 11 is 0. The van der Waals surface area contributed by atoms with E-state index in [1.165, 1.54) is 62.9 Å². The first-order valence-electron chi connectivity index (χ1n) is 9.53. The first-order chi connectivity index (χ1) is 11.3. The second-order valence-corrected chi connectivity index (χ2v) is 8.87. The molecule has 5 aliphatic rings. The zero-order chi connectivity index (χ0) is 15.0. The van der Waals surface area contributed by atoms with Crippen LogP contribution >= 0.6 is 0 Å². The van der Waals surface area contributed by atoms with E-state index in [9.17, 15) is 0 Å². The summed E-state index contributed by atoms with van der Waals surface area (Å²) in [6.45, 7) is 0. The van der Waals surface area contributed by atoms with Gasteiger partial charge in [-0.2, -0.15) is 0 Å². The Kier molecular flexibility index (Phi) is 2.41. The van der Waals surface area contributed by atoms with Gasteiger partial charge in [0.05, 0.1) is 5.69 Å². The van der Waals surface area contributed by atoms with Crippen LogP contribution in [-0.4, -0.2) is 14.9 Å². The van der Waals surface area contributed by atoms with Crippen molar-refractivity contribution in [3.8, 4) is 0 Å². The van der Waals surface area contributed by atoms with E-state index in [0.29, 0.717) is 11.5 Å². The van der Waals surface area contributed by atoms with Gasteiger partial charge in [0, 0.05) is 17.7 Å². The number of hydrogen-bond donors (Lipinski definition) is 1. The van der Waals surface area contributed by atoms with Gasteiger partial charge in [-0.3, -0.25) is 4.40 Å². The minimum Gasteiger partial charge on any atom is -0.364 e. The zero-order valence-corrected chi connectivity index (χ0v) is 13.7. The van der Waals surface area contributed by atoms with Crippen molar-refractivity contribution in [1.82, 2.24) is 9.38 Å². The molecule has 5 saturated carbocycles. The van der Waals surface area contributed by atoms with E-state index in [2.05, 4.69) is 34.1 Å². The van der Waals surface area contributed by atoms with Crippen molar-refractivity contribution in [2.75, 3.05) is 5.32 Å². The molecule has 0 spiro atoms. The van der Waals surface area contributed by atoms with Crippen LogP contribution in [0.5, 0.6) is 0 Å². The Balaban J connectivity index is 1.44. The molecule has 5 fully saturated rings. The molecule has 7 rings (SSSR count). The third kappa shape index (κ3) is 1.91. The quantitative estimate of drug-likeness (QED) is 0.898. The van der Waals surface area contributed by atoms with Crippen LogP contribution in [0.3, 0.4) is 0 Å². The fourth-order valence-corrected chi connectivity index (χ4v) is 6.29. The van der Waals surface area contributed by atoms with Gasteiger partial charge in [-0.1, -0.05) is 6.07 Å². The molecule has 3 nitrogen and oxygen atoms in total. The van der Waals surface area contributed by atoms with Gasteiger partial charge in [0.2, 0.25) is 0 Å². The van der Waals surface area contributed by atoms with Gasteiger partial charge in [-0.25, -0.2) is 4.98 Å². The lowest BCUT2D eigenvalue weighted by Gasteiger charge is -2.57. The molecule has 1 N–H and O–H groups in total. The fourth-order valence-electron chi connectivity index (χ4n) is 6.29. The summed E-state index contributed by atoms with van der Waals surface area (Å²) in [7, 11) is 0. The molecular formula is C20H25N3. The Bertz CT molecular complexity index is 735.